The molecule has 0 aromatic carbocycles. The summed E-state index contributed by atoms with van der Waals surface area (Å²) in [5.41, 5.74) is 0. The molecular formula is C9H16O5S. The van der Waals surface area contributed by atoms with E-state index in [0.717, 1.165) is 19.3 Å². The predicted molar refractivity (Wildman–Crippen MR) is 53.3 cm³/mol. The van der Waals surface area contributed by atoms with Crippen LogP contribution in [0.4, 0.5) is 0 Å². The van der Waals surface area contributed by atoms with Gasteiger partial charge in [0.1, 0.15) is 0 Å². The molecule has 1 saturated carbocycles. The second kappa shape index (κ2) is 5.46. The number of carbonyl (C=O) groups is 1. The van der Waals surface area contributed by atoms with Crippen molar-refractivity contribution in [1.82, 2.24) is 0 Å². The summed E-state index contributed by atoms with van der Waals surface area (Å²) in [5.74, 6) is -0.672. The van der Waals surface area contributed by atoms with Crippen LogP contribution in [0.1, 0.15) is 45.4 Å². The summed E-state index contributed by atoms with van der Waals surface area (Å²) >= 11 is 0. The summed E-state index contributed by atoms with van der Waals surface area (Å²) in [6.07, 6.45) is 4.10. The van der Waals surface area contributed by atoms with Crippen molar-refractivity contribution in [2.45, 2.75) is 50.7 Å². The van der Waals surface area contributed by atoms with Gasteiger partial charge in [0.15, 0.2) is 0 Å². The van der Waals surface area contributed by atoms with Crippen LogP contribution in [0, 0.1) is 0 Å². The van der Waals surface area contributed by atoms with Crippen LogP contribution < -0.4 is 0 Å². The van der Waals surface area contributed by atoms with Crippen molar-refractivity contribution in [3.05, 3.63) is 0 Å². The average molecular weight is 236 g/mol. The molecule has 0 unspecified atom stereocenters. The van der Waals surface area contributed by atoms with Crippen LogP contribution in [-0.2, 0) is 24.1 Å². The minimum atomic E-state index is -3.73. The third kappa shape index (κ3) is 3.79. The molecule has 0 N–H and O–H groups in total. The molecule has 1 aliphatic carbocycles. The Bertz CT molecular complexity index is 302. The molecule has 0 aromatic rings. The molecule has 1 fully saturated rings. The van der Waals surface area contributed by atoms with Gasteiger partial charge in [-0.1, -0.05) is 30.5 Å². The Hall–Kier alpha value is -0.620. The van der Waals surface area contributed by atoms with Gasteiger partial charge in [-0.2, -0.15) is 8.42 Å². The monoisotopic (exact) mass is 236 g/mol. The van der Waals surface area contributed by atoms with Crippen LogP contribution in [0.2, 0.25) is 0 Å². The van der Waals surface area contributed by atoms with Gasteiger partial charge in [-0.3, -0.25) is 4.89 Å². The highest BCUT2D eigenvalue weighted by atomic mass is 32.2. The van der Waals surface area contributed by atoms with Crippen molar-refractivity contribution in [1.29, 1.82) is 0 Å². The van der Waals surface area contributed by atoms with E-state index in [1.165, 1.54) is 0 Å². The number of hydrogen-bond acceptors (Lipinski definition) is 5. The van der Waals surface area contributed by atoms with Gasteiger partial charge in [0, 0.05) is 6.42 Å². The molecule has 1 rings (SSSR count). The molecule has 15 heavy (non-hydrogen) atoms. The first-order chi connectivity index (χ1) is 7.06. The summed E-state index contributed by atoms with van der Waals surface area (Å²) in [4.78, 5) is 14.9. The molecule has 0 radical (unpaired) electrons. The average Bonchev–Trinajstić information content (AvgIpc) is 2.27. The van der Waals surface area contributed by atoms with Gasteiger partial charge in [0.2, 0.25) is 0 Å². The third-order valence-electron chi connectivity index (χ3n) is 2.47. The molecule has 0 amide bonds. The minimum Gasteiger partial charge on any atom is -0.282 e. The zero-order valence-electron chi connectivity index (χ0n) is 8.77. The topological polar surface area (TPSA) is 69.7 Å². The fraction of sp³-hybridized carbons (Fsp3) is 0.889. The van der Waals surface area contributed by atoms with Crippen molar-refractivity contribution in [3.63, 3.8) is 0 Å². The summed E-state index contributed by atoms with van der Waals surface area (Å²) < 4.78 is 27.3. The summed E-state index contributed by atoms with van der Waals surface area (Å²) in [7, 11) is -3.73. The van der Waals surface area contributed by atoms with Gasteiger partial charge < -0.3 is 0 Å². The molecule has 0 saturated heterocycles. The first-order valence-electron chi connectivity index (χ1n) is 5.19. The van der Waals surface area contributed by atoms with E-state index in [4.69, 9.17) is 0 Å². The van der Waals surface area contributed by atoms with Crippen molar-refractivity contribution in [2.75, 3.05) is 0 Å². The normalized spacial score (nSPS) is 18.7. The van der Waals surface area contributed by atoms with Crippen LogP contribution in [-0.4, -0.2) is 19.6 Å². The molecule has 0 spiro atoms. The lowest BCUT2D eigenvalue weighted by Crippen LogP contribution is -2.26. The highest BCUT2D eigenvalue weighted by Gasteiger charge is 2.30. The summed E-state index contributed by atoms with van der Waals surface area (Å²) in [6.45, 7) is 1.57. The zero-order valence-corrected chi connectivity index (χ0v) is 9.59. The van der Waals surface area contributed by atoms with Crippen LogP contribution in [0.5, 0.6) is 0 Å². The van der Waals surface area contributed by atoms with E-state index < -0.39 is 21.3 Å². The highest BCUT2D eigenvalue weighted by molar-refractivity contribution is 7.87. The lowest BCUT2D eigenvalue weighted by atomic mass is 10.0. The lowest BCUT2D eigenvalue weighted by Gasteiger charge is -2.19. The van der Waals surface area contributed by atoms with E-state index in [0.29, 0.717) is 12.8 Å². The lowest BCUT2D eigenvalue weighted by molar-refractivity contribution is -0.211. The number of hydrogen-bond donors (Lipinski definition) is 0. The van der Waals surface area contributed by atoms with Crippen LogP contribution in [0.25, 0.3) is 0 Å². The summed E-state index contributed by atoms with van der Waals surface area (Å²) in [5, 5.41) is -0.518. The fourth-order valence-corrected chi connectivity index (χ4v) is 2.75. The van der Waals surface area contributed by atoms with Crippen LogP contribution >= 0.6 is 0 Å². The Morgan fingerprint density at radius 2 is 1.87 bits per heavy atom. The zero-order chi connectivity index (χ0) is 11.3. The standard InChI is InChI=1S/C9H16O5S/c1-2-9(10)13-14-15(11,12)8-6-4-3-5-7-8/h8H,2-7H2,1H3. The fourth-order valence-electron chi connectivity index (χ4n) is 1.55. The van der Waals surface area contributed by atoms with Gasteiger partial charge in [-0.05, 0) is 12.8 Å². The second-order valence-electron chi connectivity index (χ2n) is 3.63. The second-order valence-corrected chi connectivity index (χ2v) is 5.42. The van der Waals surface area contributed by atoms with Crippen molar-refractivity contribution in [2.24, 2.45) is 0 Å². The first-order valence-corrected chi connectivity index (χ1v) is 6.66. The molecule has 5 nitrogen and oxygen atoms in total. The Labute approximate surface area is 89.8 Å². The smallest absolute Gasteiger partial charge is 0.282 e. The van der Waals surface area contributed by atoms with Crippen LogP contribution in [0.15, 0.2) is 0 Å². The molecular weight excluding hydrogens is 220 g/mol. The predicted octanol–water partition coefficient (Wildman–Crippen LogP) is 1.53. The molecule has 0 aromatic heterocycles. The maximum absolute atomic E-state index is 11.5. The molecule has 0 atom stereocenters. The van der Waals surface area contributed by atoms with E-state index in [1.807, 2.05) is 0 Å². The van der Waals surface area contributed by atoms with Crippen LogP contribution in [0.3, 0.4) is 0 Å². The van der Waals surface area contributed by atoms with Crippen molar-refractivity contribution < 1.29 is 22.4 Å². The first kappa shape index (κ1) is 12.4. The van der Waals surface area contributed by atoms with Gasteiger partial charge in [-0.15, -0.1) is 0 Å². The van der Waals surface area contributed by atoms with E-state index in [1.54, 1.807) is 6.92 Å². The Balaban J connectivity index is 2.46. The summed E-state index contributed by atoms with van der Waals surface area (Å²) in [6, 6.07) is 0. The maximum Gasteiger partial charge on any atom is 0.343 e. The Morgan fingerprint density at radius 1 is 1.27 bits per heavy atom. The maximum atomic E-state index is 11.5. The molecule has 1 aliphatic rings. The van der Waals surface area contributed by atoms with Crippen molar-refractivity contribution in [3.8, 4) is 0 Å². The van der Waals surface area contributed by atoms with E-state index in [9.17, 15) is 13.2 Å². The van der Waals surface area contributed by atoms with Gasteiger partial charge in [0.05, 0.1) is 5.25 Å². The largest absolute Gasteiger partial charge is 0.343 e. The quantitative estimate of drug-likeness (QED) is 0.547. The van der Waals surface area contributed by atoms with Gasteiger partial charge in [-0.25, -0.2) is 4.79 Å². The number of carbonyl (C=O) groups excluding carboxylic acids is 1. The minimum absolute atomic E-state index is 0.0974. The third-order valence-corrected chi connectivity index (χ3v) is 4.02. The molecule has 88 valence electrons. The SMILES string of the molecule is CCC(=O)OOS(=O)(=O)C1CCCCC1. The van der Waals surface area contributed by atoms with Gasteiger partial charge >= 0.3 is 16.1 Å². The van der Waals surface area contributed by atoms with Gasteiger partial charge in [0.25, 0.3) is 0 Å². The van der Waals surface area contributed by atoms with E-state index in [-0.39, 0.29) is 6.42 Å². The molecule has 0 heterocycles. The Kier molecular flexibility index (Phi) is 4.53. The van der Waals surface area contributed by atoms with Crippen molar-refractivity contribution >= 4 is 16.1 Å². The number of rotatable bonds is 4. The Morgan fingerprint density at radius 3 is 2.40 bits per heavy atom. The van der Waals surface area contributed by atoms with E-state index in [2.05, 4.69) is 9.22 Å². The highest BCUT2D eigenvalue weighted by Crippen LogP contribution is 2.24. The van der Waals surface area contributed by atoms with E-state index >= 15 is 0 Å². The molecule has 6 heteroatoms. The molecule has 0 aliphatic heterocycles. The molecule has 0 bridgehead atoms.